The summed E-state index contributed by atoms with van der Waals surface area (Å²) in [6, 6.07) is 13.0. The van der Waals surface area contributed by atoms with E-state index in [0.717, 1.165) is 22.3 Å². The van der Waals surface area contributed by atoms with Gasteiger partial charge in [-0.15, -0.1) is 17.9 Å². The van der Waals surface area contributed by atoms with Crippen LogP contribution >= 0.6 is 23.1 Å². The molecule has 2 heterocycles. The molecule has 0 spiro atoms. The summed E-state index contributed by atoms with van der Waals surface area (Å²) in [6.07, 6.45) is 1.64. The molecule has 0 fully saturated rings. The number of phenols is 1. The largest absolute Gasteiger partial charge is 0.506 e. The fourth-order valence-corrected chi connectivity index (χ4v) is 5.21. The number of thioether (sulfide) groups is 1. The molecule has 4 aromatic rings. The van der Waals surface area contributed by atoms with Gasteiger partial charge in [-0.1, -0.05) is 53.7 Å². The molecular weight excluding hydrogens is 454 g/mol. The summed E-state index contributed by atoms with van der Waals surface area (Å²) in [5.41, 5.74) is 4.09. The molecule has 4 rings (SSSR count). The summed E-state index contributed by atoms with van der Waals surface area (Å²) in [6.45, 7) is 7.95. The van der Waals surface area contributed by atoms with E-state index >= 15 is 0 Å². The van der Waals surface area contributed by atoms with Gasteiger partial charge in [-0.2, -0.15) is 0 Å². The molecule has 2 N–H and O–H groups in total. The molecule has 0 saturated carbocycles. The quantitative estimate of drug-likeness (QED) is 0.162. The van der Waals surface area contributed by atoms with Crippen LogP contribution in [0.2, 0.25) is 0 Å². The molecule has 0 atom stereocenters. The van der Waals surface area contributed by atoms with Crippen LogP contribution in [0.3, 0.4) is 0 Å². The molecule has 2 aromatic heterocycles. The molecule has 6 nitrogen and oxygen atoms in total. The Balaban J connectivity index is 1.63. The standard InChI is InChI=1S/C25H23N3O3S2/c1-4-11-28-24(31)22-18(17-8-5-15(2)6-9-17)13-32-23(22)27-25(28)33-14-21(30)26-19-12-16(3)7-10-20(19)29/h4-10,12-13,29H,1,11,14H2,2-3H3,(H,26,30). The number of nitrogens with zero attached hydrogens (tertiary/aromatic N) is 2. The minimum atomic E-state index is -0.299. The molecule has 0 aliphatic heterocycles. The summed E-state index contributed by atoms with van der Waals surface area (Å²) in [5, 5.41) is 15.6. The van der Waals surface area contributed by atoms with Gasteiger partial charge in [-0.3, -0.25) is 14.2 Å². The first-order valence-electron chi connectivity index (χ1n) is 10.3. The van der Waals surface area contributed by atoms with Gasteiger partial charge in [0.2, 0.25) is 5.91 Å². The molecule has 0 aliphatic carbocycles. The van der Waals surface area contributed by atoms with Gasteiger partial charge in [0.05, 0.1) is 16.8 Å². The summed E-state index contributed by atoms with van der Waals surface area (Å²) >= 11 is 2.59. The SMILES string of the molecule is C=CCn1c(SCC(=O)Nc2cc(C)ccc2O)nc2scc(-c3ccc(C)cc3)c2c1=O. The van der Waals surface area contributed by atoms with Crippen LogP contribution in [-0.4, -0.2) is 26.3 Å². The van der Waals surface area contributed by atoms with E-state index in [1.165, 1.54) is 29.2 Å². The van der Waals surface area contributed by atoms with Gasteiger partial charge in [0, 0.05) is 17.5 Å². The fraction of sp³-hybridized carbons (Fsp3) is 0.160. The van der Waals surface area contributed by atoms with Crippen LogP contribution in [-0.2, 0) is 11.3 Å². The number of amides is 1. The first kappa shape index (κ1) is 22.8. The summed E-state index contributed by atoms with van der Waals surface area (Å²) < 4.78 is 1.54. The highest BCUT2D eigenvalue weighted by Crippen LogP contribution is 2.32. The van der Waals surface area contributed by atoms with Crippen LogP contribution in [0.25, 0.3) is 21.3 Å². The number of aromatic nitrogens is 2. The number of allylic oxidation sites excluding steroid dienone is 1. The van der Waals surface area contributed by atoms with Crippen LogP contribution in [0.1, 0.15) is 11.1 Å². The number of anilines is 1. The number of carbonyl (C=O) groups is 1. The van der Waals surface area contributed by atoms with Gasteiger partial charge in [0.1, 0.15) is 10.6 Å². The number of hydrogen-bond donors (Lipinski definition) is 2. The van der Waals surface area contributed by atoms with E-state index in [1.54, 1.807) is 22.8 Å². The highest BCUT2D eigenvalue weighted by molar-refractivity contribution is 7.99. The van der Waals surface area contributed by atoms with Crippen LogP contribution < -0.4 is 10.9 Å². The second-order valence-electron chi connectivity index (χ2n) is 7.65. The first-order valence-corrected chi connectivity index (χ1v) is 12.2. The molecule has 0 bridgehead atoms. The number of benzene rings is 2. The second-order valence-corrected chi connectivity index (χ2v) is 9.45. The summed E-state index contributed by atoms with van der Waals surface area (Å²) in [7, 11) is 0. The van der Waals surface area contributed by atoms with E-state index in [2.05, 4.69) is 11.9 Å². The molecule has 0 unspecified atom stereocenters. The zero-order chi connectivity index (χ0) is 23.5. The minimum absolute atomic E-state index is 0.00396. The average Bonchev–Trinajstić information content (AvgIpc) is 3.22. The zero-order valence-corrected chi connectivity index (χ0v) is 19.9. The smallest absolute Gasteiger partial charge is 0.263 e. The minimum Gasteiger partial charge on any atom is -0.506 e. The predicted molar refractivity (Wildman–Crippen MR) is 136 cm³/mol. The number of aryl methyl sites for hydroxylation is 2. The van der Waals surface area contributed by atoms with Crippen molar-refractivity contribution >= 4 is 44.9 Å². The number of hydrogen-bond acceptors (Lipinski definition) is 6. The van der Waals surface area contributed by atoms with Crippen LogP contribution in [0, 0.1) is 13.8 Å². The van der Waals surface area contributed by atoms with Crippen molar-refractivity contribution in [2.24, 2.45) is 0 Å². The van der Waals surface area contributed by atoms with Crippen molar-refractivity contribution in [2.45, 2.75) is 25.5 Å². The summed E-state index contributed by atoms with van der Waals surface area (Å²) in [5.74, 6) is -0.255. The van der Waals surface area contributed by atoms with Crippen LogP contribution in [0.5, 0.6) is 5.75 Å². The lowest BCUT2D eigenvalue weighted by atomic mass is 10.1. The maximum absolute atomic E-state index is 13.4. The molecular formula is C25H23N3O3S2. The molecule has 168 valence electrons. The Hall–Kier alpha value is -3.36. The van der Waals surface area contributed by atoms with Crippen molar-refractivity contribution < 1.29 is 9.90 Å². The third-order valence-corrected chi connectivity index (χ3v) is 6.94. The van der Waals surface area contributed by atoms with Gasteiger partial charge < -0.3 is 10.4 Å². The molecule has 33 heavy (non-hydrogen) atoms. The monoisotopic (exact) mass is 477 g/mol. The lowest BCUT2D eigenvalue weighted by Crippen LogP contribution is -2.23. The molecule has 0 saturated heterocycles. The first-order chi connectivity index (χ1) is 15.9. The van der Waals surface area contributed by atoms with E-state index in [9.17, 15) is 14.7 Å². The number of carbonyl (C=O) groups excluding carboxylic acids is 1. The van der Waals surface area contributed by atoms with Crippen molar-refractivity contribution in [3.05, 3.63) is 82.0 Å². The summed E-state index contributed by atoms with van der Waals surface area (Å²) in [4.78, 5) is 31.3. The van der Waals surface area contributed by atoms with E-state index in [0.29, 0.717) is 21.1 Å². The Kier molecular flexibility index (Phi) is 6.67. The van der Waals surface area contributed by atoms with Crippen molar-refractivity contribution in [1.29, 1.82) is 0 Å². The maximum Gasteiger partial charge on any atom is 0.263 e. The lowest BCUT2D eigenvalue weighted by molar-refractivity contribution is -0.113. The topological polar surface area (TPSA) is 84.2 Å². The molecule has 0 radical (unpaired) electrons. The third-order valence-electron chi connectivity index (χ3n) is 5.09. The van der Waals surface area contributed by atoms with Crippen molar-refractivity contribution in [3.8, 4) is 16.9 Å². The second kappa shape index (κ2) is 9.64. The predicted octanol–water partition coefficient (Wildman–Crippen LogP) is 5.36. The number of thiophene rings is 1. The van der Waals surface area contributed by atoms with Crippen molar-refractivity contribution in [1.82, 2.24) is 9.55 Å². The van der Waals surface area contributed by atoms with Crippen LogP contribution in [0.4, 0.5) is 5.69 Å². The Labute approximate surface area is 199 Å². The molecule has 1 amide bonds. The average molecular weight is 478 g/mol. The normalized spacial score (nSPS) is 11.0. The zero-order valence-electron chi connectivity index (χ0n) is 18.3. The van der Waals surface area contributed by atoms with E-state index in [-0.39, 0.29) is 29.5 Å². The van der Waals surface area contributed by atoms with Gasteiger partial charge in [0.25, 0.3) is 5.56 Å². The highest BCUT2D eigenvalue weighted by atomic mass is 32.2. The molecule has 0 aliphatic rings. The van der Waals surface area contributed by atoms with E-state index in [1.807, 2.05) is 43.5 Å². The van der Waals surface area contributed by atoms with Crippen LogP contribution in [0.15, 0.2) is 70.5 Å². The van der Waals surface area contributed by atoms with Gasteiger partial charge >= 0.3 is 0 Å². The van der Waals surface area contributed by atoms with Gasteiger partial charge in [-0.25, -0.2) is 4.98 Å². The number of aromatic hydroxyl groups is 1. The van der Waals surface area contributed by atoms with Gasteiger partial charge in [-0.05, 0) is 37.1 Å². The van der Waals surface area contributed by atoms with E-state index in [4.69, 9.17) is 4.98 Å². The number of phenolic OH excluding ortho intramolecular Hbond substituents is 1. The maximum atomic E-state index is 13.4. The highest BCUT2D eigenvalue weighted by Gasteiger charge is 2.18. The third kappa shape index (κ3) is 4.86. The Morgan fingerprint density at radius 1 is 1.21 bits per heavy atom. The Bertz CT molecular complexity index is 1410. The lowest BCUT2D eigenvalue weighted by Gasteiger charge is -2.11. The Morgan fingerprint density at radius 2 is 1.94 bits per heavy atom. The van der Waals surface area contributed by atoms with Crippen molar-refractivity contribution in [3.63, 3.8) is 0 Å². The molecule has 8 heteroatoms. The number of fused-ring (bicyclic) bond motifs is 1. The fourth-order valence-electron chi connectivity index (χ4n) is 3.42. The van der Waals surface area contributed by atoms with E-state index < -0.39 is 0 Å². The number of nitrogens with one attached hydrogen (secondary N) is 1. The Morgan fingerprint density at radius 3 is 2.67 bits per heavy atom. The van der Waals surface area contributed by atoms with Gasteiger partial charge in [0.15, 0.2) is 5.16 Å². The molecule has 2 aromatic carbocycles. The van der Waals surface area contributed by atoms with Crippen molar-refractivity contribution in [2.75, 3.05) is 11.1 Å². The number of rotatable bonds is 7.